The molecular weight excluding hydrogens is 816 g/mol. The average Bonchev–Trinajstić information content (AvgIpc) is 3.78. The van der Waals surface area contributed by atoms with Crippen LogP contribution in [0.2, 0.25) is 0 Å². The van der Waals surface area contributed by atoms with Crippen LogP contribution in [0.15, 0.2) is 133 Å². The Bertz CT molecular complexity index is 3430. The van der Waals surface area contributed by atoms with Crippen LogP contribution < -0.4 is 20.0 Å². The highest BCUT2D eigenvalue weighted by molar-refractivity contribution is 7.32. The van der Waals surface area contributed by atoms with Crippen molar-refractivity contribution in [1.82, 2.24) is 0 Å². The van der Waals surface area contributed by atoms with Crippen molar-refractivity contribution < 1.29 is 0 Å². The number of anilines is 5. The number of fused-ring (bicyclic) bond motifs is 13. The Labute approximate surface area is 396 Å². The molecule has 0 unspecified atom stereocenters. The van der Waals surface area contributed by atoms with Crippen LogP contribution in [-0.4, -0.2) is 6.85 Å². The van der Waals surface area contributed by atoms with Gasteiger partial charge in [-0.15, -0.1) is 11.3 Å². The van der Waals surface area contributed by atoms with E-state index in [0.717, 1.165) is 0 Å². The summed E-state index contributed by atoms with van der Waals surface area (Å²) in [5.41, 5.74) is 25.7. The van der Waals surface area contributed by atoms with E-state index in [1.54, 1.807) is 0 Å². The second-order valence-electron chi connectivity index (χ2n) is 23.6. The molecule has 5 aliphatic rings. The second-order valence-corrected chi connectivity index (χ2v) is 24.6. The molecule has 0 saturated carbocycles. The summed E-state index contributed by atoms with van der Waals surface area (Å²) in [6, 6.07) is 52.3. The molecule has 0 atom stereocenters. The van der Waals surface area contributed by atoms with Gasteiger partial charge in [-0.3, -0.25) is 0 Å². The predicted octanol–water partition coefficient (Wildman–Crippen LogP) is 15.9. The lowest BCUT2D eigenvalue weighted by Crippen LogP contribution is -2.62. The number of rotatable bonds is 2. The molecule has 13 rings (SSSR count). The molecule has 326 valence electrons. The molecule has 0 spiro atoms. The zero-order valence-corrected chi connectivity index (χ0v) is 41.3. The van der Waals surface area contributed by atoms with Crippen LogP contribution in [0.25, 0.3) is 43.5 Å². The summed E-state index contributed by atoms with van der Waals surface area (Å²) in [6.45, 7) is 26.8. The third kappa shape index (κ3) is 5.15. The van der Waals surface area contributed by atoms with Crippen molar-refractivity contribution in [1.29, 1.82) is 0 Å². The smallest absolute Gasteiger partial charge is 0.343 e. The van der Waals surface area contributed by atoms with Gasteiger partial charge in [0.05, 0.1) is 11.4 Å². The van der Waals surface area contributed by atoms with E-state index in [1.807, 2.05) is 0 Å². The van der Waals surface area contributed by atoms with Crippen LogP contribution in [0.1, 0.15) is 128 Å². The molecule has 2 aliphatic carbocycles. The molecule has 7 aromatic carbocycles. The lowest BCUT2D eigenvalue weighted by atomic mass is 9.44. The topological polar surface area (TPSA) is 6.48 Å². The second kappa shape index (κ2) is 13.0. The fraction of sp³-hybridized carbons (Fsp3) is 0.290. The van der Waals surface area contributed by atoms with Crippen LogP contribution in [0, 0.1) is 0 Å². The van der Waals surface area contributed by atoms with Gasteiger partial charge in [0.2, 0.25) is 0 Å². The van der Waals surface area contributed by atoms with Crippen molar-refractivity contribution in [2.75, 3.05) is 9.71 Å². The fourth-order valence-corrected chi connectivity index (χ4v) is 14.6. The van der Waals surface area contributed by atoms with Gasteiger partial charge in [0, 0.05) is 53.9 Å². The Balaban J connectivity index is 1.26. The lowest BCUT2D eigenvalue weighted by molar-refractivity contribution is 0.332. The Morgan fingerprint density at radius 2 is 1.15 bits per heavy atom. The fourth-order valence-electron chi connectivity index (χ4n) is 13.3. The lowest BCUT2D eigenvalue weighted by Gasteiger charge is -2.51. The monoisotopic (exact) mass is 874 g/mol. The Kier molecular flexibility index (Phi) is 7.96. The normalized spacial score (nSPS) is 18.2. The minimum absolute atomic E-state index is 0.0274. The third-order valence-electron chi connectivity index (χ3n) is 17.0. The van der Waals surface area contributed by atoms with E-state index >= 15 is 0 Å². The highest BCUT2D eigenvalue weighted by Gasteiger charge is 2.54. The maximum Gasteiger partial charge on any atom is 0.343 e. The maximum absolute atomic E-state index is 2.81. The molecule has 4 heterocycles. The van der Waals surface area contributed by atoms with Crippen molar-refractivity contribution in [3.05, 3.63) is 172 Å². The predicted molar refractivity (Wildman–Crippen MR) is 285 cm³/mol. The van der Waals surface area contributed by atoms with Gasteiger partial charge in [0.1, 0.15) is 0 Å². The summed E-state index contributed by atoms with van der Waals surface area (Å²) in [5, 5.41) is 1.38. The van der Waals surface area contributed by atoms with Gasteiger partial charge in [0.15, 0.2) is 0 Å². The summed E-state index contributed by atoms with van der Waals surface area (Å²) in [4.78, 5) is 5.62. The molecule has 8 aromatic rings. The first-order chi connectivity index (χ1) is 31.4. The minimum Gasteiger partial charge on any atom is -0.375 e. The molecule has 66 heavy (non-hydrogen) atoms. The number of hydrogen-bond acceptors (Lipinski definition) is 3. The summed E-state index contributed by atoms with van der Waals surface area (Å²) in [7, 11) is 0. The van der Waals surface area contributed by atoms with Gasteiger partial charge < -0.3 is 9.71 Å². The van der Waals surface area contributed by atoms with E-state index in [-0.39, 0.29) is 33.9 Å². The van der Waals surface area contributed by atoms with E-state index in [2.05, 4.69) is 231 Å². The van der Waals surface area contributed by atoms with E-state index < -0.39 is 0 Å². The minimum atomic E-state index is -0.268. The highest BCUT2D eigenvalue weighted by atomic mass is 32.1. The quantitative estimate of drug-likeness (QED) is 0.160. The van der Waals surface area contributed by atoms with Crippen molar-refractivity contribution in [3.63, 3.8) is 0 Å². The maximum atomic E-state index is 2.81. The summed E-state index contributed by atoms with van der Waals surface area (Å²) in [5.74, 6) is 0. The van der Waals surface area contributed by atoms with E-state index in [1.165, 1.54) is 134 Å². The largest absolute Gasteiger partial charge is 0.375 e. The molecule has 2 nitrogen and oxygen atoms in total. The summed E-state index contributed by atoms with van der Waals surface area (Å²) < 4.78 is 2.82. The van der Waals surface area contributed by atoms with Crippen molar-refractivity contribution in [3.8, 4) is 33.4 Å². The molecule has 0 fully saturated rings. The molecule has 0 amide bonds. The van der Waals surface area contributed by atoms with Gasteiger partial charge in [0.25, 0.3) is 0 Å². The molecule has 0 N–H and O–H groups in total. The number of para-hydroxylation sites is 2. The number of hydrogen-bond donors (Lipinski definition) is 0. The molecule has 1 aromatic heterocycles. The van der Waals surface area contributed by atoms with Crippen LogP contribution in [0.5, 0.6) is 0 Å². The third-order valence-corrected chi connectivity index (χ3v) is 18.2. The molecule has 0 saturated heterocycles. The zero-order chi connectivity index (χ0) is 45.6. The number of thiophene rings is 1. The SMILES string of the molecule is CC(C)(C)c1ccc(N2c3c4c(cc5c3C(C)(C)c3ccccc3-5)-c3cccc5c3N(B4c3sc4cc6c(cc4c32)C(C)(C)CCC6(C)C)c2ccccc2C5(C)C)c(-c2ccccc2)c1. The highest BCUT2D eigenvalue weighted by Crippen LogP contribution is 2.62. The summed E-state index contributed by atoms with van der Waals surface area (Å²) in [6.07, 6.45) is 2.37. The molecule has 3 aliphatic heterocycles. The number of benzene rings is 7. The van der Waals surface area contributed by atoms with Crippen LogP contribution in [0.4, 0.5) is 28.4 Å². The van der Waals surface area contributed by atoms with E-state index in [9.17, 15) is 0 Å². The molecule has 0 radical (unpaired) electrons. The molecule has 0 bridgehead atoms. The first kappa shape index (κ1) is 40.4. The van der Waals surface area contributed by atoms with Crippen LogP contribution in [-0.2, 0) is 27.1 Å². The Morgan fingerprint density at radius 1 is 0.500 bits per heavy atom. The van der Waals surface area contributed by atoms with Crippen molar-refractivity contribution >= 4 is 66.9 Å². The van der Waals surface area contributed by atoms with Crippen molar-refractivity contribution in [2.45, 2.75) is 116 Å². The zero-order valence-electron chi connectivity index (χ0n) is 40.5. The van der Waals surface area contributed by atoms with Gasteiger partial charge in [-0.1, -0.05) is 173 Å². The number of nitrogens with zero attached hydrogens (tertiary/aromatic N) is 2. The van der Waals surface area contributed by atoms with Crippen molar-refractivity contribution in [2.24, 2.45) is 0 Å². The van der Waals surface area contributed by atoms with Gasteiger partial charge in [-0.05, 0) is 132 Å². The van der Waals surface area contributed by atoms with E-state index in [0.29, 0.717) is 0 Å². The van der Waals surface area contributed by atoms with E-state index in [4.69, 9.17) is 0 Å². The van der Waals surface area contributed by atoms with Gasteiger partial charge in [-0.25, -0.2) is 0 Å². The van der Waals surface area contributed by atoms with Crippen LogP contribution >= 0.6 is 11.3 Å². The molecule has 4 heteroatoms. The standard InChI is InChI=1S/C62H59BN2S/c1-58(2,3)37-28-29-49(40(32-37)36-20-13-12-14-21-36)64-55-43-34-47-48(60(6,7)31-30-59(47,4)5)35-51(43)66-57(55)63-53-42(33-41-38-22-15-16-24-44(38)62(10,11)52(41)56(53)64)39-23-19-26-46-54(39)65(63)50-27-18-17-25-45(50)61(46,8)9/h12-29,32-35H,30-31H2,1-11H3. The van der Waals surface area contributed by atoms with Gasteiger partial charge in [-0.2, -0.15) is 0 Å². The molecular formula is C62H59BN2S. The summed E-state index contributed by atoms with van der Waals surface area (Å²) >= 11 is 2.06. The van der Waals surface area contributed by atoms with Gasteiger partial charge >= 0.3 is 6.85 Å². The van der Waals surface area contributed by atoms with Crippen LogP contribution in [0.3, 0.4) is 0 Å². The Morgan fingerprint density at radius 3 is 1.89 bits per heavy atom. The first-order valence-corrected chi connectivity index (χ1v) is 25.2. The first-order valence-electron chi connectivity index (χ1n) is 24.3. The Hall–Kier alpha value is -5.84. The average molecular weight is 875 g/mol.